The second-order valence-electron chi connectivity index (χ2n) is 4.67. The molecule has 0 unspecified atom stereocenters. The lowest BCUT2D eigenvalue weighted by atomic mass is 9.97. The first-order valence-electron chi connectivity index (χ1n) is 6.35. The molecule has 0 fully saturated rings. The summed E-state index contributed by atoms with van der Waals surface area (Å²) in [7, 11) is 1.69. The van der Waals surface area contributed by atoms with E-state index in [2.05, 4.69) is 29.9 Å². The standard InChI is InChI=1S/C15H19N3O/c1-10(2)12-8-11(4-5-14(12)19-3)15-13(9-16)17-6-7-18-15/h4-8,10H,9,16H2,1-3H3. The maximum atomic E-state index is 5.71. The van der Waals surface area contributed by atoms with E-state index in [9.17, 15) is 0 Å². The molecule has 1 heterocycles. The summed E-state index contributed by atoms with van der Waals surface area (Å²) in [5.41, 5.74) is 9.55. The lowest BCUT2D eigenvalue weighted by molar-refractivity contribution is 0.407. The van der Waals surface area contributed by atoms with Crippen molar-refractivity contribution >= 4 is 0 Å². The van der Waals surface area contributed by atoms with Crippen molar-refractivity contribution < 1.29 is 4.74 Å². The van der Waals surface area contributed by atoms with Gasteiger partial charge < -0.3 is 10.5 Å². The zero-order chi connectivity index (χ0) is 13.8. The molecular weight excluding hydrogens is 238 g/mol. The molecule has 0 aliphatic rings. The Labute approximate surface area is 113 Å². The maximum Gasteiger partial charge on any atom is 0.122 e. The lowest BCUT2D eigenvalue weighted by Crippen LogP contribution is -2.04. The van der Waals surface area contributed by atoms with Crippen LogP contribution < -0.4 is 10.5 Å². The Morgan fingerprint density at radius 1 is 1.21 bits per heavy atom. The number of methoxy groups -OCH3 is 1. The number of hydrogen-bond acceptors (Lipinski definition) is 4. The molecule has 2 N–H and O–H groups in total. The third-order valence-corrected chi connectivity index (χ3v) is 3.09. The molecule has 0 atom stereocenters. The van der Waals surface area contributed by atoms with Crippen molar-refractivity contribution in [3.63, 3.8) is 0 Å². The Morgan fingerprint density at radius 2 is 1.95 bits per heavy atom. The molecular formula is C15H19N3O. The van der Waals surface area contributed by atoms with Gasteiger partial charge in [-0.15, -0.1) is 0 Å². The van der Waals surface area contributed by atoms with Crippen LogP contribution in [0.1, 0.15) is 31.0 Å². The lowest BCUT2D eigenvalue weighted by Gasteiger charge is -2.14. The van der Waals surface area contributed by atoms with E-state index in [0.29, 0.717) is 12.5 Å². The van der Waals surface area contributed by atoms with Crippen LogP contribution in [-0.4, -0.2) is 17.1 Å². The van der Waals surface area contributed by atoms with E-state index < -0.39 is 0 Å². The minimum atomic E-state index is 0.381. The normalized spacial score (nSPS) is 10.8. The van der Waals surface area contributed by atoms with Gasteiger partial charge in [-0.1, -0.05) is 13.8 Å². The Morgan fingerprint density at radius 3 is 2.58 bits per heavy atom. The quantitative estimate of drug-likeness (QED) is 0.914. The summed E-state index contributed by atoms with van der Waals surface area (Å²) in [5.74, 6) is 1.28. The summed E-state index contributed by atoms with van der Waals surface area (Å²) in [6.07, 6.45) is 3.35. The van der Waals surface area contributed by atoms with Gasteiger partial charge in [0.25, 0.3) is 0 Å². The van der Waals surface area contributed by atoms with E-state index in [4.69, 9.17) is 10.5 Å². The van der Waals surface area contributed by atoms with Gasteiger partial charge in [0.05, 0.1) is 18.5 Å². The van der Waals surface area contributed by atoms with Crippen molar-refractivity contribution in [2.24, 2.45) is 5.73 Å². The van der Waals surface area contributed by atoms with Crippen molar-refractivity contribution in [3.05, 3.63) is 41.9 Å². The van der Waals surface area contributed by atoms with E-state index >= 15 is 0 Å². The second-order valence-corrected chi connectivity index (χ2v) is 4.67. The molecule has 0 spiro atoms. The van der Waals surface area contributed by atoms with Crippen LogP contribution in [0.5, 0.6) is 5.75 Å². The minimum Gasteiger partial charge on any atom is -0.496 e. The smallest absolute Gasteiger partial charge is 0.122 e. The Bertz CT molecular complexity index is 567. The van der Waals surface area contributed by atoms with E-state index in [1.54, 1.807) is 19.5 Å². The first kappa shape index (κ1) is 13.5. The first-order valence-corrected chi connectivity index (χ1v) is 6.35. The highest BCUT2D eigenvalue weighted by Crippen LogP contribution is 2.31. The summed E-state index contributed by atoms with van der Waals surface area (Å²) in [5, 5.41) is 0. The summed E-state index contributed by atoms with van der Waals surface area (Å²) in [6.45, 7) is 4.66. The van der Waals surface area contributed by atoms with Crippen LogP contribution in [-0.2, 0) is 6.54 Å². The number of nitrogens with zero attached hydrogens (tertiary/aromatic N) is 2. The van der Waals surface area contributed by atoms with Gasteiger partial charge in [0, 0.05) is 24.5 Å². The number of rotatable bonds is 4. The predicted octanol–water partition coefficient (Wildman–Crippen LogP) is 2.73. The fourth-order valence-corrected chi connectivity index (χ4v) is 2.09. The van der Waals surface area contributed by atoms with Gasteiger partial charge in [-0.3, -0.25) is 9.97 Å². The van der Waals surface area contributed by atoms with Crippen LogP contribution in [0.25, 0.3) is 11.3 Å². The molecule has 0 amide bonds. The summed E-state index contributed by atoms with van der Waals surface area (Å²) in [4.78, 5) is 8.66. The molecule has 2 aromatic rings. The van der Waals surface area contributed by atoms with Crippen LogP contribution in [0.2, 0.25) is 0 Å². The molecule has 4 nitrogen and oxygen atoms in total. The zero-order valence-electron chi connectivity index (χ0n) is 11.6. The molecule has 19 heavy (non-hydrogen) atoms. The molecule has 0 aliphatic heterocycles. The van der Waals surface area contributed by atoms with Crippen LogP contribution >= 0.6 is 0 Å². The van der Waals surface area contributed by atoms with Crippen molar-refractivity contribution in [1.29, 1.82) is 0 Å². The molecule has 1 aromatic heterocycles. The van der Waals surface area contributed by atoms with Gasteiger partial charge in [-0.25, -0.2) is 0 Å². The highest BCUT2D eigenvalue weighted by molar-refractivity contribution is 5.64. The number of aromatic nitrogens is 2. The Kier molecular flexibility index (Phi) is 4.12. The monoisotopic (exact) mass is 257 g/mol. The van der Waals surface area contributed by atoms with Gasteiger partial charge >= 0.3 is 0 Å². The average molecular weight is 257 g/mol. The zero-order valence-corrected chi connectivity index (χ0v) is 11.6. The van der Waals surface area contributed by atoms with Crippen molar-refractivity contribution in [1.82, 2.24) is 9.97 Å². The van der Waals surface area contributed by atoms with Crippen LogP contribution in [0.4, 0.5) is 0 Å². The summed E-state index contributed by atoms with van der Waals surface area (Å²) < 4.78 is 5.39. The van der Waals surface area contributed by atoms with E-state index in [1.165, 1.54) is 0 Å². The summed E-state index contributed by atoms with van der Waals surface area (Å²) in [6, 6.07) is 6.07. The van der Waals surface area contributed by atoms with E-state index in [1.807, 2.05) is 12.1 Å². The fraction of sp³-hybridized carbons (Fsp3) is 0.333. The van der Waals surface area contributed by atoms with E-state index in [-0.39, 0.29) is 0 Å². The Balaban J connectivity index is 2.54. The van der Waals surface area contributed by atoms with Crippen LogP contribution in [0.3, 0.4) is 0 Å². The van der Waals surface area contributed by atoms with Gasteiger partial charge in [-0.05, 0) is 29.7 Å². The van der Waals surface area contributed by atoms with Gasteiger partial charge in [0.2, 0.25) is 0 Å². The number of benzene rings is 1. The van der Waals surface area contributed by atoms with Crippen molar-refractivity contribution in [2.75, 3.05) is 7.11 Å². The van der Waals surface area contributed by atoms with Gasteiger partial charge in [0.1, 0.15) is 5.75 Å². The van der Waals surface area contributed by atoms with E-state index in [0.717, 1.165) is 28.3 Å². The fourth-order valence-electron chi connectivity index (χ4n) is 2.09. The maximum absolute atomic E-state index is 5.71. The molecule has 0 saturated carbocycles. The second kappa shape index (κ2) is 5.80. The number of nitrogens with two attached hydrogens (primary N) is 1. The third kappa shape index (κ3) is 2.74. The SMILES string of the molecule is COc1ccc(-c2nccnc2CN)cc1C(C)C. The molecule has 0 aliphatic carbocycles. The molecule has 0 radical (unpaired) electrons. The number of ether oxygens (including phenoxy) is 1. The molecule has 0 saturated heterocycles. The minimum absolute atomic E-state index is 0.381. The van der Waals surface area contributed by atoms with Crippen LogP contribution in [0.15, 0.2) is 30.6 Å². The van der Waals surface area contributed by atoms with Crippen LogP contribution in [0, 0.1) is 0 Å². The molecule has 100 valence electrons. The molecule has 0 bridgehead atoms. The highest BCUT2D eigenvalue weighted by atomic mass is 16.5. The highest BCUT2D eigenvalue weighted by Gasteiger charge is 2.12. The van der Waals surface area contributed by atoms with Gasteiger partial charge in [-0.2, -0.15) is 0 Å². The molecule has 2 rings (SSSR count). The van der Waals surface area contributed by atoms with Crippen molar-refractivity contribution in [2.45, 2.75) is 26.3 Å². The predicted molar refractivity (Wildman–Crippen MR) is 76.0 cm³/mol. The van der Waals surface area contributed by atoms with Crippen molar-refractivity contribution in [3.8, 4) is 17.0 Å². The molecule has 1 aromatic carbocycles. The Hall–Kier alpha value is -1.94. The first-order chi connectivity index (χ1) is 9.17. The largest absolute Gasteiger partial charge is 0.496 e. The summed E-state index contributed by atoms with van der Waals surface area (Å²) >= 11 is 0. The number of hydrogen-bond donors (Lipinski definition) is 1. The third-order valence-electron chi connectivity index (χ3n) is 3.09. The average Bonchev–Trinajstić information content (AvgIpc) is 2.46. The molecule has 4 heteroatoms. The topological polar surface area (TPSA) is 61.0 Å². The van der Waals surface area contributed by atoms with Gasteiger partial charge in [0.15, 0.2) is 0 Å².